The highest BCUT2D eigenvalue weighted by Crippen LogP contribution is 2.25. The Morgan fingerprint density at radius 1 is 0.968 bits per heavy atom. The lowest BCUT2D eigenvalue weighted by atomic mass is 10.1. The lowest BCUT2D eigenvalue weighted by molar-refractivity contribution is -0.128. The number of thioether (sulfide) groups is 1. The van der Waals surface area contributed by atoms with Gasteiger partial charge in [0.25, 0.3) is 0 Å². The fourth-order valence-corrected chi connectivity index (χ4v) is 4.40. The first-order valence-electron chi connectivity index (χ1n) is 11.0. The Kier molecular flexibility index (Phi) is 8.29. The summed E-state index contributed by atoms with van der Waals surface area (Å²) >= 11 is 1.47. The molecule has 3 rings (SSSR count). The molecule has 0 atom stereocenters. The molecule has 0 radical (unpaired) electrons. The van der Waals surface area contributed by atoms with Crippen molar-refractivity contribution in [1.82, 2.24) is 19.7 Å². The number of carbonyl (C=O) groups excluding carboxylic acids is 1. The summed E-state index contributed by atoms with van der Waals surface area (Å²) in [6.07, 6.45) is 2.62. The smallest absolute Gasteiger partial charge is 0.233 e. The van der Waals surface area contributed by atoms with E-state index < -0.39 is 0 Å². The molecule has 0 saturated heterocycles. The Hall–Kier alpha value is -2.60. The molecule has 3 aromatic rings. The zero-order valence-electron chi connectivity index (χ0n) is 19.0. The quantitative estimate of drug-likeness (QED) is 0.409. The molecule has 0 saturated carbocycles. The van der Waals surface area contributed by atoms with Crippen LogP contribution in [0.1, 0.15) is 49.2 Å². The van der Waals surface area contributed by atoms with Crippen molar-refractivity contribution in [2.45, 2.75) is 52.1 Å². The van der Waals surface area contributed by atoms with Crippen LogP contribution in [0.4, 0.5) is 0 Å². The SMILES string of the molecule is CCCN(CCC)C(=O)CSc1nnc(Cc2ccccc2)n1-c1ccc(C)c(C)c1. The van der Waals surface area contributed by atoms with Crippen LogP contribution in [0.15, 0.2) is 53.7 Å². The van der Waals surface area contributed by atoms with Gasteiger partial charge in [0.2, 0.25) is 5.91 Å². The molecular formula is C25H32N4OS. The molecule has 0 N–H and O–H groups in total. The second kappa shape index (κ2) is 11.1. The van der Waals surface area contributed by atoms with Gasteiger partial charge in [-0.3, -0.25) is 9.36 Å². The highest BCUT2D eigenvalue weighted by Gasteiger charge is 2.18. The Morgan fingerprint density at radius 2 is 1.68 bits per heavy atom. The molecule has 0 fully saturated rings. The van der Waals surface area contributed by atoms with E-state index >= 15 is 0 Å². The standard InChI is InChI=1S/C25H32N4OS/c1-5-14-28(15-6-2)24(30)18-31-25-27-26-23(17-21-10-8-7-9-11-21)29(25)22-13-12-19(3)20(4)16-22/h7-13,16H,5-6,14-15,17-18H2,1-4H3. The highest BCUT2D eigenvalue weighted by atomic mass is 32.2. The summed E-state index contributed by atoms with van der Waals surface area (Å²) in [6.45, 7) is 10.0. The van der Waals surface area contributed by atoms with Gasteiger partial charge in [-0.25, -0.2) is 0 Å². The van der Waals surface area contributed by atoms with Crippen LogP contribution in [-0.2, 0) is 11.2 Å². The van der Waals surface area contributed by atoms with Crippen LogP contribution in [0.2, 0.25) is 0 Å². The first-order valence-corrected chi connectivity index (χ1v) is 12.0. The second-order valence-electron chi connectivity index (χ2n) is 7.83. The van der Waals surface area contributed by atoms with Crippen LogP contribution >= 0.6 is 11.8 Å². The van der Waals surface area contributed by atoms with E-state index in [-0.39, 0.29) is 5.91 Å². The maximum Gasteiger partial charge on any atom is 0.233 e. The summed E-state index contributed by atoms with van der Waals surface area (Å²) in [5.74, 6) is 1.41. The van der Waals surface area contributed by atoms with Crippen LogP contribution in [0.5, 0.6) is 0 Å². The first-order chi connectivity index (χ1) is 15.0. The summed E-state index contributed by atoms with van der Waals surface area (Å²) in [5, 5.41) is 9.73. The minimum Gasteiger partial charge on any atom is -0.342 e. The fourth-order valence-electron chi connectivity index (χ4n) is 3.53. The van der Waals surface area contributed by atoms with Gasteiger partial charge < -0.3 is 4.90 Å². The van der Waals surface area contributed by atoms with Crippen LogP contribution in [0.3, 0.4) is 0 Å². The number of amides is 1. The molecule has 1 aromatic heterocycles. The molecule has 1 amide bonds. The Balaban J connectivity index is 1.89. The summed E-state index contributed by atoms with van der Waals surface area (Å²) in [4.78, 5) is 14.7. The van der Waals surface area contributed by atoms with Crippen molar-refractivity contribution in [2.24, 2.45) is 0 Å². The van der Waals surface area contributed by atoms with Gasteiger partial charge >= 0.3 is 0 Å². The van der Waals surface area contributed by atoms with Gasteiger partial charge in [-0.2, -0.15) is 0 Å². The zero-order valence-corrected chi connectivity index (χ0v) is 19.8. The molecule has 164 valence electrons. The Bertz CT molecular complexity index is 994. The van der Waals surface area contributed by atoms with Crippen molar-refractivity contribution in [2.75, 3.05) is 18.8 Å². The minimum absolute atomic E-state index is 0.160. The topological polar surface area (TPSA) is 51.0 Å². The number of nitrogens with zero attached hydrogens (tertiary/aromatic N) is 4. The first kappa shape index (κ1) is 23.1. The molecule has 0 aliphatic carbocycles. The molecule has 5 nitrogen and oxygen atoms in total. The lowest BCUT2D eigenvalue weighted by Crippen LogP contribution is -2.33. The minimum atomic E-state index is 0.160. The zero-order chi connectivity index (χ0) is 22.2. The molecule has 0 aliphatic heterocycles. The number of hydrogen-bond acceptors (Lipinski definition) is 4. The molecule has 0 spiro atoms. The van der Waals surface area contributed by atoms with Crippen LogP contribution in [0, 0.1) is 13.8 Å². The lowest BCUT2D eigenvalue weighted by Gasteiger charge is -2.21. The third kappa shape index (κ3) is 5.97. The average molecular weight is 437 g/mol. The van der Waals surface area contributed by atoms with Gasteiger partial charge in [-0.05, 0) is 55.5 Å². The van der Waals surface area contributed by atoms with E-state index in [9.17, 15) is 4.79 Å². The predicted octanol–water partition coefficient (Wildman–Crippen LogP) is 5.22. The molecule has 0 unspecified atom stereocenters. The number of carbonyl (C=O) groups is 1. The van der Waals surface area contributed by atoms with E-state index in [1.807, 2.05) is 23.1 Å². The second-order valence-corrected chi connectivity index (χ2v) is 8.78. The number of hydrogen-bond donors (Lipinski definition) is 0. The van der Waals surface area contributed by atoms with E-state index in [0.29, 0.717) is 12.2 Å². The van der Waals surface area contributed by atoms with Crippen molar-refractivity contribution in [3.05, 3.63) is 71.0 Å². The van der Waals surface area contributed by atoms with Gasteiger partial charge in [-0.1, -0.05) is 62.0 Å². The van der Waals surface area contributed by atoms with Gasteiger partial charge in [0.1, 0.15) is 5.82 Å². The maximum absolute atomic E-state index is 12.8. The van der Waals surface area contributed by atoms with E-state index in [1.165, 1.54) is 28.5 Å². The predicted molar refractivity (Wildman–Crippen MR) is 128 cm³/mol. The van der Waals surface area contributed by atoms with Crippen molar-refractivity contribution in [1.29, 1.82) is 0 Å². The van der Waals surface area contributed by atoms with E-state index in [2.05, 4.69) is 72.8 Å². The average Bonchev–Trinajstić information content (AvgIpc) is 3.17. The third-order valence-corrected chi connectivity index (χ3v) is 6.23. The van der Waals surface area contributed by atoms with Gasteiger partial charge in [-0.15, -0.1) is 10.2 Å². The molecule has 2 aromatic carbocycles. The Morgan fingerprint density at radius 3 is 2.32 bits per heavy atom. The van der Waals surface area contributed by atoms with Crippen molar-refractivity contribution >= 4 is 17.7 Å². The van der Waals surface area contributed by atoms with E-state index in [0.717, 1.165) is 42.6 Å². The van der Waals surface area contributed by atoms with E-state index in [1.54, 1.807) is 0 Å². The number of aromatic nitrogens is 3. The summed E-state index contributed by atoms with van der Waals surface area (Å²) in [6, 6.07) is 16.7. The number of aryl methyl sites for hydroxylation is 2. The molecule has 0 aliphatic rings. The number of rotatable bonds is 10. The molecular weight excluding hydrogens is 404 g/mol. The van der Waals surface area contributed by atoms with Gasteiger partial charge in [0, 0.05) is 25.2 Å². The highest BCUT2D eigenvalue weighted by molar-refractivity contribution is 7.99. The van der Waals surface area contributed by atoms with Crippen LogP contribution in [0.25, 0.3) is 5.69 Å². The Labute approximate surface area is 189 Å². The summed E-state index contributed by atoms with van der Waals surface area (Å²) in [5.41, 5.74) is 4.69. The van der Waals surface area contributed by atoms with Crippen molar-refractivity contribution in [3.63, 3.8) is 0 Å². The van der Waals surface area contributed by atoms with Crippen LogP contribution in [-0.4, -0.2) is 44.4 Å². The van der Waals surface area contributed by atoms with Crippen LogP contribution < -0.4 is 0 Å². The monoisotopic (exact) mass is 436 g/mol. The molecule has 6 heteroatoms. The normalized spacial score (nSPS) is 11.0. The molecule has 31 heavy (non-hydrogen) atoms. The number of benzene rings is 2. The van der Waals surface area contributed by atoms with Crippen molar-refractivity contribution < 1.29 is 4.79 Å². The largest absolute Gasteiger partial charge is 0.342 e. The fraction of sp³-hybridized carbons (Fsp3) is 0.400. The van der Waals surface area contributed by atoms with Gasteiger partial charge in [0.15, 0.2) is 5.16 Å². The van der Waals surface area contributed by atoms with Crippen molar-refractivity contribution in [3.8, 4) is 5.69 Å². The molecule has 0 bridgehead atoms. The maximum atomic E-state index is 12.8. The van der Waals surface area contributed by atoms with E-state index in [4.69, 9.17) is 0 Å². The third-order valence-electron chi connectivity index (χ3n) is 5.32. The molecule has 1 heterocycles. The summed E-state index contributed by atoms with van der Waals surface area (Å²) in [7, 11) is 0. The van der Waals surface area contributed by atoms with Gasteiger partial charge in [0.05, 0.1) is 5.75 Å². The summed E-state index contributed by atoms with van der Waals surface area (Å²) < 4.78 is 2.10.